The van der Waals surface area contributed by atoms with E-state index in [1.807, 2.05) is 11.7 Å². The molecule has 0 bridgehead atoms. The van der Waals surface area contributed by atoms with Gasteiger partial charge in [-0.2, -0.15) is 0 Å². The predicted molar refractivity (Wildman–Crippen MR) is 90.6 cm³/mol. The molecule has 0 amide bonds. The maximum atomic E-state index is 4.22. The van der Waals surface area contributed by atoms with Crippen molar-refractivity contribution < 1.29 is 0 Å². The van der Waals surface area contributed by atoms with Crippen molar-refractivity contribution in [2.75, 3.05) is 13.6 Å². The summed E-state index contributed by atoms with van der Waals surface area (Å²) in [5.41, 5.74) is 10.4. The number of nitrogens with one attached hydrogen (secondary N) is 2. The molecule has 1 saturated heterocycles. The van der Waals surface area contributed by atoms with E-state index in [1.165, 1.54) is 31.2 Å². The number of aryl methyl sites for hydroxylation is 1. The lowest BCUT2D eigenvalue weighted by Crippen LogP contribution is -2.41. The molecule has 1 aliphatic heterocycles. The van der Waals surface area contributed by atoms with Gasteiger partial charge in [-0.3, -0.25) is 10.9 Å². The Morgan fingerprint density at radius 3 is 3.04 bits per heavy atom. The molecule has 4 rings (SSSR count). The Morgan fingerprint density at radius 1 is 1.26 bits per heavy atom. The van der Waals surface area contributed by atoms with E-state index in [0.29, 0.717) is 12.1 Å². The van der Waals surface area contributed by atoms with Gasteiger partial charge in [-0.25, -0.2) is 4.68 Å². The smallest absolute Gasteiger partial charge is 0.113 e. The molecule has 2 fully saturated rings. The van der Waals surface area contributed by atoms with Crippen LogP contribution >= 0.6 is 0 Å². The zero-order chi connectivity index (χ0) is 15.8. The number of rotatable bonds is 4. The topological polar surface area (TPSA) is 58.0 Å². The first-order chi connectivity index (χ1) is 11.2. The third kappa shape index (κ3) is 2.98. The molecule has 2 aromatic rings. The van der Waals surface area contributed by atoms with Crippen molar-refractivity contribution in [3.8, 4) is 0 Å². The summed E-state index contributed by atoms with van der Waals surface area (Å²) >= 11 is 0. The molecule has 2 N–H and O–H groups in total. The van der Waals surface area contributed by atoms with Crippen molar-refractivity contribution in [1.82, 2.24) is 30.7 Å². The summed E-state index contributed by atoms with van der Waals surface area (Å²) in [5.74, 6) is 0.786. The lowest BCUT2D eigenvalue weighted by atomic mass is 9.81. The van der Waals surface area contributed by atoms with E-state index in [2.05, 4.69) is 51.3 Å². The van der Waals surface area contributed by atoms with Crippen LogP contribution in [0, 0.1) is 5.92 Å². The molecule has 2 heterocycles. The number of likely N-dealkylation sites (N-methyl/N-ethyl adjacent to an activating group) is 1. The zero-order valence-corrected chi connectivity index (χ0v) is 14.0. The van der Waals surface area contributed by atoms with Gasteiger partial charge in [0, 0.05) is 32.2 Å². The van der Waals surface area contributed by atoms with Gasteiger partial charge < -0.3 is 4.90 Å². The molecule has 2 aliphatic rings. The standard InChI is InChI=1S/C17H26N6/c1-22(11-16-13-5-3-4-6-14(13)18-19-16)10-12-7-8-17-15(9-12)20-21-23(17)2/h7-9,13-14,16,18-19H,3-6,10-11H2,1-2H3. The monoisotopic (exact) mass is 314 g/mol. The van der Waals surface area contributed by atoms with Crippen molar-refractivity contribution in [3.05, 3.63) is 23.8 Å². The van der Waals surface area contributed by atoms with E-state index >= 15 is 0 Å². The molecule has 124 valence electrons. The Kier molecular flexibility index (Phi) is 4.05. The molecule has 0 radical (unpaired) electrons. The third-order valence-corrected chi connectivity index (χ3v) is 5.43. The molecular weight excluding hydrogens is 288 g/mol. The molecular formula is C17H26N6. The Balaban J connectivity index is 1.39. The van der Waals surface area contributed by atoms with Crippen molar-refractivity contribution in [3.63, 3.8) is 0 Å². The first-order valence-corrected chi connectivity index (χ1v) is 8.68. The van der Waals surface area contributed by atoms with Crippen molar-refractivity contribution in [2.45, 2.75) is 44.3 Å². The van der Waals surface area contributed by atoms with Crippen LogP contribution in [0.15, 0.2) is 18.2 Å². The van der Waals surface area contributed by atoms with E-state index in [1.54, 1.807) is 0 Å². The number of fused-ring (bicyclic) bond motifs is 2. The quantitative estimate of drug-likeness (QED) is 0.894. The molecule has 3 unspecified atom stereocenters. The minimum atomic E-state index is 0.561. The van der Waals surface area contributed by atoms with Gasteiger partial charge in [0.15, 0.2) is 0 Å². The van der Waals surface area contributed by atoms with Gasteiger partial charge >= 0.3 is 0 Å². The summed E-state index contributed by atoms with van der Waals surface area (Å²) in [6.45, 7) is 2.02. The average Bonchev–Trinajstić information content (AvgIpc) is 3.12. The fourth-order valence-electron chi connectivity index (χ4n) is 4.22. The third-order valence-electron chi connectivity index (χ3n) is 5.43. The van der Waals surface area contributed by atoms with Crippen LogP contribution in [-0.4, -0.2) is 45.6 Å². The first kappa shape index (κ1) is 15.1. The highest BCUT2D eigenvalue weighted by molar-refractivity contribution is 5.74. The van der Waals surface area contributed by atoms with E-state index in [0.717, 1.165) is 30.0 Å². The fourth-order valence-corrected chi connectivity index (χ4v) is 4.22. The molecule has 3 atom stereocenters. The van der Waals surface area contributed by atoms with E-state index in [9.17, 15) is 0 Å². The van der Waals surface area contributed by atoms with Crippen LogP contribution in [0.3, 0.4) is 0 Å². The summed E-state index contributed by atoms with van der Waals surface area (Å²) in [4.78, 5) is 2.41. The maximum absolute atomic E-state index is 4.22. The van der Waals surface area contributed by atoms with Gasteiger partial charge in [0.05, 0.1) is 5.52 Å². The second-order valence-electron chi connectivity index (χ2n) is 7.18. The fraction of sp³-hybridized carbons (Fsp3) is 0.647. The number of nitrogens with zero attached hydrogens (tertiary/aromatic N) is 4. The Morgan fingerprint density at radius 2 is 2.13 bits per heavy atom. The highest BCUT2D eigenvalue weighted by atomic mass is 15.4. The lowest BCUT2D eigenvalue weighted by molar-refractivity contribution is 0.237. The van der Waals surface area contributed by atoms with Crippen molar-refractivity contribution in [1.29, 1.82) is 0 Å². The zero-order valence-electron chi connectivity index (χ0n) is 14.0. The van der Waals surface area contributed by atoms with Gasteiger partial charge in [-0.1, -0.05) is 24.1 Å². The predicted octanol–water partition coefficient (Wildman–Crippen LogP) is 1.44. The van der Waals surface area contributed by atoms with E-state index in [-0.39, 0.29) is 0 Å². The summed E-state index contributed by atoms with van der Waals surface area (Å²) in [6.07, 6.45) is 5.43. The van der Waals surface area contributed by atoms with Gasteiger partial charge in [0.25, 0.3) is 0 Å². The van der Waals surface area contributed by atoms with Crippen LogP contribution in [-0.2, 0) is 13.6 Å². The first-order valence-electron chi connectivity index (χ1n) is 8.68. The molecule has 6 nitrogen and oxygen atoms in total. The summed E-state index contributed by atoms with van der Waals surface area (Å²) < 4.78 is 1.82. The summed E-state index contributed by atoms with van der Waals surface area (Å²) in [5, 5.41) is 8.29. The maximum Gasteiger partial charge on any atom is 0.113 e. The van der Waals surface area contributed by atoms with Gasteiger partial charge in [-0.15, -0.1) is 5.10 Å². The summed E-state index contributed by atoms with van der Waals surface area (Å²) in [7, 11) is 4.14. The van der Waals surface area contributed by atoms with Crippen LogP contribution < -0.4 is 10.9 Å². The highest BCUT2D eigenvalue weighted by Crippen LogP contribution is 2.30. The van der Waals surface area contributed by atoms with Gasteiger partial charge in [0.2, 0.25) is 0 Å². The molecule has 1 aliphatic carbocycles. The van der Waals surface area contributed by atoms with E-state index in [4.69, 9.17) is 0 Å². The molecule has 6 heteroatoms. The Bertz CT molecular complexity index is 681. The molecule has 1 aromatic carbocycles. The summed E-state index contributed by atoms with van der Waals surface area (Å²) in [6, 6.07) is 7.70. The normalized spacial score (nSPS) is 27.7. The van der Waals surface area contributed by atoms with Crippen LogP contribution in [0.4, 0.5) is 0 Å². The highest BCUT2D eigenvalue weighted by Gasteiger charge is 2.37. The minimum absolute atomic E-state index is 0.561. The Labute approximate surface area is 137 Å². The molecule has 1 saturated carbocycles. The van der Waals surface area contributed by atoms with Crippen LogP contribution in [0.5, 0.6) is 0 Å². The van der Waals surface area contributed by atoms with E-state index < -0.39 is 0 Å². The van der Waals surface area contributed by atoms with Crippen molar-refractivity contribution in [2.24, 2.45) is 13.0 Å². The number of hydrogen-bond donors (Lipinski definition) is 2. The number of aromatic nitrogens is 3. The van der Waals surface area contributed by atoms with Gasteiger partial charge in [0.1, 0.15) is 5.52 Å². The van der Waals surface area contributed by atoms with Crippen LogP contribution in [0.25, 0.3) is 11.0 Å². The molecule has 0 spiro atoms. The van der Waals surface area contributed by atoms with Gasteiger partial charge in [-0.05, 0) is 43.5 Å². The molecule has 23 heavy (non-hydrogen) atoms. The SMILES string of the molecule is CN(Cc1ccc2c(c1)nnn2C)CC1NNC2CCCCC21. The van der Waals surface area contributed by atoms with Crippen molar-refractivity contribution >= 4 is 11.0 Å². The largest absolute Gasteiger partial charge is 0.301 e. The van der Waals surface area contributed by atoms with Crippen LogP contribution in [0.1, 0.15) is 31.2 Å². The number of benzene rings is 1. The number of hydrazine groups is 1. The number of hydrogen-bond acceptors (Lipinski definition) is 5. The lowest BCUT2D eigenvalue weighted by Gasteiger charge is -2.29. The van der Waals surface area contributed by atoms with Crippen LogP contribution in [0.2, 0.25) is 0 Å². The second kappa shape index (κ2) is 6.19. The minimum Gasteiger partial charge on any atom is -0.301 e. The average molecular weight is 314 g/mol. The Hall–Kier alpha value is -1.50. The second-order valence-corrected chi connectivity index (χ2v) is 7.18. The molecule has 1 aromatic heterocycles.